The summed E-state index contributed by atoms with van der Waals surface area (Å²) in [6.45, 7) is 2.23. The number of imidazole rings is 2. The van der Waals surface area contributed by atoms with Crippen molar-refractivity contribution in [3.63, 3.8) is 0 Å². The van der Waals surface area contributed by atoms with Gasteiger partial charge in [-0.15, -0.1) is 0 Å². The van der Waals surface area contributed by atoms with Gasteiger partial charge in [-0.05, 0) is 88.0 Å². The van der Waals surface area contributed by atoms with Crippen molar-refractivity contribution in [1.29, 1.82) is 0 Å². The van der Waals surface area contributed by atoms with Crippen molar-refractivity contribution in [1.82, 2.24) is 30.6 Å². The lowest BCUT2D eigenvalue weighted by molar-refractivity contribution is 0.535. The Morgan fingerprint density at radius 2 is 0.982 bits per heavy atom. The van der Waals surface area contributed by atoms with Gasteiger partial charge in [0.2, 0.25) is 0 Å². The van der Waals surface area contributed by atoms with Crippen LogP contribution in [0.4, 0.5) is 43.4 Å². The normalized spacial score (nSPS) is 22.9. The molecule has 10 rings (SSSR count). The van der Waals surface area contributed by atoms with Crippen molar-refractivity contribution in [2.75, 3.05) is 54.0 Å². The quantitative estimate of drug-likeness (QED) is 0.121. The zero-order valence-corrected chi connectivity index (χ0v) is 31.0. The lowest BCUT2D eigenvalue weighted by atomic mass is 10.0. The average Bonchev–Trinajstić information content (AvgIpc) is 4.04. The predicted octanol–water partition coefficient (Wildman–Crippen LogP) is 8.53. The highest BCUT2D eigenvalue weighted by Crippen LogP contribution is 2.50. The van der Waals surface area contributed by atoms with E-state index in [1.807, 2.05) is 0 Å². The maximum atomic E-state index is 16.4. The van der Waals surface area contributed by atoms with E-state index in [1.165, 1.54) is 52.3 Å². The maximum Gasteiger partial charge on any atom is 0.151 e. The van der Waals surface area contributed by atoms with Crippen LogP contribution in [0.25, 0.3) is 22.1 Å². The molecule has 0 radical (unpaired) electrons. The van der Waals surface area contributed by atoms with Gasteiger partial charge >= 0.3 is 0 Å². The minimum Gasteiger partial charge on any atom is -0.363 e. The standard InChI is InChI=1S/C42H41F6N9/c43-25-4-1-5-26(44)39(25)55-12-14-56(15-13-55)40-29(47)16-22(17-30(40)48)57-37(23-18-33-35(20-27(23)45)53-41(51-33)31-6-2-10-49-31)8-9-38(57)24-19-34-36(21-28(24)46)54-42(52-34)32-7-3-11-50-32/h1,4-5,16-21,31-32,37-38,49-50H,2-3,6-15H2,(H,51,53)(H,52,54)/t31-,32-,37+,38+/m0/s1. The van der Waals surface area contributed by atoms with Crippen LogP contribution >= 0.6 is 0 Å². The van der Waals surface area contributed by atoms with Crippen LogP contribution in [-0.4, -0.2) is 59.2 Å². The second-order valence-electron chi connectivity index (χ2n) is 15.6. The molecule has 6 heterocycles. The van der Waals surface area contributed by atoms with Crippen molar-refractivity contribution in [2.45, 2.75) is 62.7 Å². The van der Waals surface area contributed by atoms with Gasteiger partial charge in [0, 0.05) is 55.1 Å². The number of benzene rings is 4. The van der Waals surface area contributed by atoms with E-state index in [2.05, 4.69) is 30.6 Å². The number of aromatic amines is 2. The first-order valence-corrected chi connectivity index (χ1v) is 19.8. The molecule has 15 heteroatoms. The van der Waals surface area contributed by atoms with E-state index in [1.54, 1.807) is 17.0 Å². The Balaban J connectivity index is 1.02. The van der Waals surface area contributed by atoms with Gasteiger partial charge in [0.15, 0.2) is 11.6 Å². The number of para-hydroxylation sites is 1. The van der Waals surface area contributed by atoms with E-state index >= 15 is 17.6 Å². The minimum atomic E-state index is -0.851. The van der Waals surface area contributed by atoms with Crippen molar-refractivity contribution in [2.24, 2.45) is 0 Å². The molecule has 4 aliphatic heterocycles. The number of hydrogen-bond acceptors (Lipinski definition) is 7. The molecular weight excluding hydrogens is 745 g/mol. The SMILES string of the molecule is Fc1cc2nc([C@@H]3CCCN3)[nH]c2cc1[C@H]1CC[C@H](c2cc3[nH]c([C@@H]4CCCN4)nc3cc2F)N1c1cc(F)c(N2CCN(c3c(F)cccc3F)CC2)c(F)c1. The first kappa shape index (κ1) is 36.1. The fourth-order valence-corrected chi connectivity index (χ4v) is 9.54. The average molecular weight is 786 g/mol. The Morgan fingerprint density at radius 1 is 0.526 bits per heavy atom. The third-order valence-corrected chi connectivity index (χ3v) is 12.3. The molecule has 4 aromatic carbocycles. The molecule has 57 heavy (non-hydrogen) atoms. The number of H-pyrrole nitrogens is 2. The maximum absolute atomic E-state index is 16.4. The highest BCUT2D eigenvalue weighted by molar-refractivity contribution is 5.78. The highest BCUT2D eigenvalue weighted by Gasteiger charge is 2.40. The highest BCUT2D eigenvalue weighted by atomic mass is 19.2. The van der Waals surface area contributed by atoms with Gasteiger partial charge in [0.25, 0.3) is 0 Å². The Kier molecular flexibility index (Phi) is 9.04. The number of piperazine rings is 1. The monoisotopic (exact) mass is 785 g/mol. The van der Waals surface area contributed by atoms with Gasteiger partial charge in [0.05, 0.1) is 46.2 Å². The van der Waals surface area contributed by atoms with Crippen LogP contribution < -0.4 is 25.3 Å². The van der Waals surface area contributed by atoms with Crippen LogP contribution in [0.1, 0.15) is 85.5 Å². The fraction of sp³-hybridized carbons (Fsp3) is 0.381. The number of halogens is 6. The molecule has 4 saturated heterocycles. The summed E-state index contributed by atoms with van der Waals surface area (Å²) in [6, 6.07) is 10.9. The molecular formula is C42H41F6N9. The van der Waals surface area contributed by atoms with Gasteiger partial charge in [-0.25, -0.2) is 36.3 Å². The first-order valence-electron chi connectivity index (χ1n) is 19.8. The molecule has 0 unspecified atom stereocenters. The molecule has 6 aromatic rings. The number of aromatic nitrogens is 4. The summed E-state index contributed by atoms with van der Waals surface area (Å²) in [5.74, 6) is -2.70. The van der Waals surface area contributed by atoms with Crippen LogP contribution in [-0.2, 0) is 0 Å². The van der Waals surface area contributed by atoms with Crippen molar-refractivity contribution in [3.8, 4) is 0 Å². The first-order chi connectivity index (χ1) is 27.7. The Labute approximate surface area is 324 Å². The summed E-state index contributed by atoms with van der Waals surface area (Å²) >= 11 is 0. The van der Waals surface area contributed by atoms with Crippen LogP contribution in [0.15, 0.2) is 54.6 Å². The van der Waals surface area contributed by atoms with E-state index < -0.39 is 47.0 Å². The molecule has 4 aliphatic rings. The van der Waals surface area contributed by atoms with Crippen LogP contribution in [0.2, 0.25) is 0 Å². The predicted molar refractivity (Wildman–Crippen MR) is 206 cm³/mol. The molecule has 0 aliphatic carbocycles. The smallest absolute Gasteiger partial charge is 0.151 e. The molecule has 4 N–H and O–H groups in total. The number of rotatable bonds is 7. The molecule has 0 spiro atoms. The molecule has 9 nitrogen and oxygen atoms in total. The topological polar surface area (TPSA) is 91.1 Å². The summed E-state index contributed by atoms with van der Waals surface area (Å²) in [5.41, 5.74) is 2.53. The number of nitrogens with one attached hydrogen (secondary N) is 4. The summed E-state index contributed by atoms with van der Waals surface area (Å²) in [7, 11) is 0. The van der Waals surface area contributed by atoms with Gasteiger partial charge < -0.3 is 35.3 Å². The minimum absolute atomic E-state index is 0.0368. The third-order valence-electron chi connectivity index (χ3n) is 12.3. The Hall–Kier alpha value is -5.28. The molecule has 2 aromatic heterocycles. The van der Waals surface area contributed by atoms with E-state index in [-0.39, 0.29) is 55.3 Å². The largest absolute Gasteiger partial charge is 0.363 e. The second-order valence-corrected chi connectivity index (χ2v) is 15.6. The van der Waals surface area contributed by atoms with E-state index in [9.17, 15) is 8.78 Å². The molecule has 0 amide bonds. The van der Waals surface area contributed by atoms with Gasteiger partial charge in [-0.2, -0.15) is 0 Å². The van der Waals surface area contributed by atoms with Crippen molar-refractivity contribution >= 4 is 39.1 Å². The van der Waals surface area contributed by atoms with Crippen LogP contribution in [0, 0.1) is 34.9 Å². The molecule has 4 fully saturated rings. The summed E-state index contributed by atoms with van der Waals surface area (Å²) in [4.78, 5) is 20.8. The molecule has 0 saturated carbocycles. The molecule has 296 valence electrons. The van der Waals surface area contributed by atoms with Gasteiger partial charge in [-0.1, -0.05) is 6.07 Å². The Morgan fingerprint density at radius 3 is 1.42 bits per heavy atom. The van der Waals surface area contributed by atoms with Crippen LogP contribution in [0.3, 0.4) is 0 Å². The Bertz CT molecular complexity index is 2330. The number of nitrogens with zero attached hydrogens (tertiary/aromatic N) is 5. The lowest BCUT2D eigenvalue weighted by Gasteiger charge is -2.38. The molecule has 4 atom stereocenters. The van der Waals surface area contributed by atoms with Crippen LogP contribution in [0.5, 0.6) is 0 Å². The van der Waals surface area contributed by atoms with Gasteiger partial charge in [-0.3, -0.25) is 0 Å². The summed E-state index contributed by atoms with van der Waals surface area (Å²) < 4.78 is 94.5. The summed E-state index contributed by atoms with van der Waals surface area (Å²) in [6.07, 6.45) is 4.57. The molecule has 0 bridgehead atoms. The van der Waals surface area contributed by atoms with E-state index in [4.69, 9.17) is 0 Å². The lowest BCUT2D eigenvalue weighted by Crippen LogP contribution is -2.47. The van der Waals surface area contributed by atoms with Crippen molar-refractivity contribution < 1.29 is 26.3 Å². The number of fused-ring (bicyclic) bond motifs is 2. The number of hydrogen-bond donors (Lipinski definition) is 4. The van der Waals surface area contributed by atoms with Crippen molar-refractivity contribution in [3.05, 3.63) is 112 Å². The summed E-state index contributed by atoms with van der Waals surface area (Å²) in [5, 5.41) is 6.82. The number of anilines is 3. The van der Waals surface area contributed by atoms with Gasteiger partial charge in [0.1, 0.15) is 46.3 Å². The zero-order chi connectivity index (χ0) is 38.9. The third kappa shape index (κ3) is 6.35. The fourth-order valence-electron chi connectivity index (χ4n) is 9.54. The van der Waals surface area contributed by atoms with E-state index in [0.717, 1.165) is 50.4 Å². The van der Waals surface area contributed by atoms with E-state index in [0.29, 0.717) is 46.0 Å². The zero-order valence-electron chi connectivity index (χ0n) is 31.0. The second kappa shape index (κ2) is 14.3.